The van der Waals surface area contributed by atoms with Crippen LogP contribution in [0.3, 0.4) is 0 Å². The molecule has 0 aromatic heterocycles. The summed E-state index contributed by atoms with van der Waals surface area (Å²) in [6.07, 6.45) is 6.99. The predicted octanol–water partition coefficient (Wildman–Crippen LogP) is 2.90. The molecule has 0 aliphatic rings. The topological polar surface area (TPSA) is 37.3 Å². The minimum atomic E-state index is 0.0492. The Labute approximate surface area is 87.7 Å². The van der Waals surface area contributed by atoms with Gasteiger partial charge in [0.1, 0.15) is 0 Å². The van der Waals surface area contributed by atoms with Crippen LogP contribution in [0.1, 0.15) is 27.7 Å². The molecule has 0 rings (SSSR count). The Kier molecular flexibility index (Phi) is 23.7. The van der Waals surface area contributed by atoms with Crippen LogP contribution in [0.15, 0.2) is 36.5 Å². The lowest BCUT2D eigenvalue weighted by atomic mass is 10.2. The highest BCUT2D eigenvalue weighted by Gasteiger charge is 1.93. The van der Waals surface area contributed by atoms with Crippen LogP contribution < -0.4 is 0 Å². The Hall–Kier alpha value is -1.15. The first-order valence-corrected chi connectivity index (χ1v) is 4.63. The van der Waals surface area contributed by atoms with Crippen molar-refractivity contribution in [3.63, 3.8) is 0 Å². The van der Waals surface area contributed by atoms with Crippen molar-refractivity contribution >= 4 is 5.78 Å². The SMILES string of the molecule is C=C/C(=C\C=C/C)C(C)=O.CC.CO. The fourth-order valence-electron chi connectivity index (χ4n) is 0.529. The van der Waals surface area contributed by atoms with Crippen molar-refractivity contribution < 1.29 is 9.90 Å². The lowest BCUT2D eigenvalue weighted by Gasteiger charge is -1.89. The van der Waals surface area contributed by atoms with E-state index < -0.39 is 0 Å². The van der Waals surface area contributed by atoms with Crippen LogP contribution in [0.2, 0.25) is 0 Å². The number of hydrogen-bond donors (Lipinski definition) is 1. The van der Waals surface area contributed by atoms with Crippen molar-refractivity contribution in [3.05, 3.63) is 36.5 Å². The quantitative estimate of drug-likeness (QED) is 0.559. The number of carbonyl (C=O) groups excluding carboxylic acids is 1. The largest absolute Gasteiger partial charge is 0.400 e. The minimum Gasteiger partial charge on any atom is -0.400 e. The molecule has 0 spiro atoms. The Morgan fingerprint density at radius 3 is 1.93 bits per heavy atom. The lowest BCUT2D eigenvalue weighted by Crippen LogP contribution is -1.90. The first-order valence-electron chi connectivity index (χ1n) is 4.63. The second kappa shape index (κ2) is 17.8. The first-order chi connectivity index (χ1) is 6.72. The number of aliphatic hydroxyl groups is 1. The summed E-state index contributed by atoms with van der Waals surface area (Å²) in [5, 5.41) is 7.00. The van der Waals surface area contributed by atoms with Gasteiger partial charge in [-0.25, -0.2) is 0 Å². The summed E-state index contributed by atoms with van der Waals surface area (Å²) in [5.74, 6) is 0.0492. The second-order valence-corrected chi connectivity index (χ2v) is 1.91. The fraction of sp³-hybridized carbons (Fsp3) is 0.417. The highest BCUT2D eigenvalue weighted by Crippen LogP contribution is 1.96. The number of rotatable bonds is 3. The van der Waals surface area contributed by atoms with Crippen LogP contribution in [0.4, 0.5) is 0 Å². The molecule has 0 bridgehead atoms. The van der Waals surface area contributed by atoms with Gasteiger partial charge < -0.3 is 5.11 Å². The highest BCUT2D eigenvalue weighted by atomic mass is 16.2. The van der Waals surface area contributed by atoms with E-state index in [1.165, 1.54) is 6.92 Å². The maximum atomic E-state index is 10.7. The molecule has 0 atom stereocenters. The molecule has 0 amide bonds. The third-order valence-electron chi connectivity index (χ3n) is 1.09. The van der Waals surface area contributed by atoms with Gasteiger partial charge in [0.25, 0.3) is 0 Å². The standard InChI is InChI=1S/C9H12O.C2H6.CH4O/c1-4-6-7-9(5-2)8(3)10;2*1-2/h4-7H,2H2,1,3H3;1-2H3;2H,1H3/b6-4-,9-7+;;. The van der Waals surface area contributed by atoms with Crippen molar-refractivity contribution in [1.82, 2.24) is 0 Å². The van der Waals surface area contributed by atoms with Gasteiger partial charge >= 0.3 is 0 Å². The van der Waals surface area contributed by atoms with Crippen molar-refractivity contribution in [2.24, 2.45) is 0 Å². The molecule has 0 aromatic rings. The van der Waals surface area contributed by atoms with E-state index in [-0.39, 0.29) is 5.78 Å². The average molecular weight is 198 g/mol. The van der Waals surface area contributed by atoms with E-state index in [1.807, 2.05) is 32.9 Å². The highest BCUT2D eigenvalue weighted by molar-refractivity contribution is 5.96. The van der Waals surface area contributed by atoms with E-state index >= 15 is 0 Å². The van der Waals surface area contributed by atoms with E-state index in [1.54, 1.807) is 12.2 Å². The van der Waals surface area contributed by atoms with E-state index in [4.69, 9.17) is 5.11 Å². The smallest absolute Gasteiger partial charge is 0.159 e. The van der Waals surface area contributed by atoms with Gasteiger partial charge in [-0.05, 0) is 13.8 Å². The molecule has 0 aromatic carbocycles. The zero-order valence-electron chi connectivity index (χ0n) is 9.87. The summed E-state index contributed by atoms with van der Waals surface area (Å²) in [6.45, 7) is 10.9. The van der Waals surface area contributed by atoms with Gasteiger partial charge in [0, 0.05) is 12.7 Å². The van der Waals surface area contributed by atoms with Gasteiger partial charge in [-0.1, -0.05) is 44.7 Å². The van der Waals surface area contributed by atoms with Crippen LogP contribution in [0.25, 0.3) is 0 Å². The van der Waals surface area contributed by atoms with Gasteiger partial charge in [0.05, 0.1) is 0 Å². The van der Waals surface area contributed by atoms with Gasteiger partial charge in [-0.15, -0.1) is 0 Å². The van der Waals surface area contributed by atoms with E-state index in [2.05, 4.69) is 6.58 Å². The normalized spacial score (nSPS) is 9.43. The summed E-state index contributed by atoms with van der Waals surface area (Å²) < 4.78 is 0. The van der Waals surface area contributed by atoms with E-state index in [0.717, 1.165) is 7.11 Å². The fourth-order valence-corrected chi connectivity index (χ4v) is 0.529. The maximum Gasteiger partial charge on any atom is 0.159 e. The zero-order chi connectivity index (χ0) is 12.0. The van der Waals surface area contributed by atoms with Crippen LogP contribution >= 0.6 is 0 Å². The van der Waals surface area contributed by atoms with Gasteiger partial charge in [-0.2, -0.15) is 0 Å². The van der Waals surface area contributed by atoms with Crippen molar-refractivity contribution in [1.29, 1.82) is 0 Å². The summed E-state index contributed by atoms with van der Waals surface area (Å²) >= 11 is 0. The third kappa shape index (κ3) is 13.4. The van der Waals surface area contributed by atoms with Crippen LogP contribution in [0, 0.1) is 0 Å². The van der Waals surface area contributed by atoms with Gasteiger partial charge in [-0.3, -0.25) is 4.79 Å². The second-order valence-electron chi connectivity index (χ2n) is 1.91. The molecule has 0 aliphatic carbocycles. The Morgan fingerprint density at radius 1 is 1.29 bits per heavy atom. The van der Waals surface area contributed by atoms with Crippen LogP contribution in [0.5, 0.6) is 0 Å². The Balaban J connectivity index is -0.000000266. The molecular weight excluding hydrogens is 176 g/mol. The maximum absolute atomic E-state index is 10.7. The monoisotopic (exact) mass is 198 g/mol. The molecule has 14 heavy (non-hydrogen) atoms. The molecule has 0 fully saturated rings. The molecular formula is C12H22O2. The number of Topliss-reactive ketones (excluding diaryl/α,β-unsaturated/α-hetero) is 1. The zero-order valence-corrected chi connectivity index (χ0v) is 9.87. The predicted molar refractivity (Wildman–Crippen MR) is 63.3 cm³/mol. The van der Waals surface area contributed by atoms with E-state index in [0.29, 0.717) is 5.57 Å². The third-order valence-corrected chi connectivity index (χ3v) is 1.09. The summed E-state index contributed by atoms with van der Waals surface area (Å²) in [5.41, 5.74) is 0.651. The average Bonchev–Trinajstić information content (AvgIpc) is 2.24. The molecule has 0 unspecified atom stereocenters. The van der Waals surface area contributed by atoms with Crippen molar-refractivity contribution in [2.75, 3.05) is 7.11 Å². The number of aliphatic hydroxyl groups excluding tert-OH is 1. The molecule has 2 nitrogen and oxygen atoms in total. The minimum absolute atomic E-state index is 0.0492. The number of allylic oxidation sites excluding steroid dienone is 5. The summed E-state index contributed by atoms with van der Waals surface area (Å²) in [6, 6.07) is 0. The number of hydrogen-bond acceptors (Lipinski definition) is 2. The van der Waals surface area contributed by atoms with Gasteiger partial charge in [0.15, 0.2) is 5.78 Å². The molecule has 1 N–H and O–H groups in total. The molecule has 0 saturated heterocycles. The summed E-state index contributed by atoms with van der Waals surface area (Å²) in [4.78, 5) is 10.7. The first kappa shape index (κ1) is 18.6. The van der Waals surface area contributed by atoms with E-state index in [9.17, 15) is 4.79 Å². The molecule has 0 aliphatic heterocycles. The van der Waals surface area contributed by atoms with Crippen molar-refractivity contribution in [3.8, 4) is 0 Å². The van der Waals surface area contributed by atoms with Crippen LogP contribution in [-0.2, 0) is 4.79 Å². The molecule has 0 saturated carbocycles. The molecule has 2 heteroatoms. The molecule has 0 heterocycles. The molecule has 0 radical (unpaired) electrons. The Morgan fingerprint density at radius 2 is 1.71 bits per heavy atom. The lowest BCUT2D eigenvalue weighted by molar-refractivity contribution is -0.113. The van der Waals surface area contributed by atoms with Crippen molar-refractivity contribution in [2.45, 2.75) is 27.7 Å². The van der Waals surface area contributed by atoms with Gasteiger partial charge in [0.2, 0.25) is 0 Å². The number of ketones is 1. The number of carbonyl (C=O) groups is 1. The van der Waals surface area contributed by atoms with Crippen LogP contribution in [-0.4, -0.2) is 18.0 Å². The Bertz CT molecular complexity index is 188. The summed E-state index contributed by atoms with van der Waals surface area (Å²) in [7, 11) is 1.00. The molecule has 82 valence electrons.